The lowest BCUT2D eigenvalue weighted by Gasteiger charge is -2.23. The predicted octanol–water partition coefficient (Wildman–Crippen LogP) is 2.22. The van der Waals surface area contributed by atoms with E-state index >= 15 is 0 Å². The molecule has 3 heterocycles. The summed E-state index contributed by atoms with van der Waals surface area (Å²) in [4.78, 5) is 14.6. The van der Waals surface area contributed by atoms with Crippen molar-refractivity contribution >= 4 is 5.91 Å². The maximum absolute atomic E-state index is 12.7. The van der Waals surface area contributed by atoms with E-state index in [1.54, 1.807) is 0 Å². The van der Waals surface area contributed by atoms with Gasteiger partial charge in [0, 0.05) is 30.5 Å². The highest BCUT2D eigenvalue weighted by Gasteiger charge is 2.43. The van der Waals surface area contributed by atoms with Crippen molar-refractivity contribution < 1.29 is 14.1 Å². The monoisotopic (exact) mass is 278 g/mol. The Morgan fingerprint density at radius 3 is 2.85 bits per heavy atom. The standard InChI is InChI=1S/C15H22N2O3/c1-14(2,3)12-11(8-20-16-12)13(18)17-6-4-15(9-17)5-7-19-10-15/h8H,4-7,9-10H2,1-3H3. The fraction of sp³-hybridized carbons (Fsp3) is 0.733. The molecule has 1 atom stereocenters. The van der Waals surface area contributed by atoms with E-state index in [1.165, 1.54) is 6.26 Å². The van der Waals surface area contributed by atoms with Crippen LogP contribution in [0.15, 0.2) is 10.8 Å². The van der Waals surface area contributed by atoms with E-state index in [0.717, 1.165) is 44.8 Å². The quantitative estimate of drug-likeness (QED) is 0.790. The Balaban J connectivity index is 1.79. The summed E-state index contributed by atoms with van der Waals surface area (Å²) < 4.78 is 10.6. The van der Waals surface area contributed by atoms with Crippen LogP contribution in [0.2, 0.25) is 0 Å². The van der Waals surface area contributed by atoms with E-state index in [1.807, 2.05) is 25.7 Å². The molecule has 20 heavy (non-hydrogen) atoms. The third-order valence-corrected chi connectivity index (χ3v) is 4.42. The molecule has 2 saturated heterocycles. The Morgan fingerprint density at radius 1 is 1.40 bits per heavy atom. The molecule has 0 bridgehead atoms. The zero-order valence-electron chi connectivity index (χ0n) is 12.4. The lowest BCUT2D eigenvalue weighted by Crippen LogP contribution is -2.33. The van der Waals surface area contributed by atoms with Crippen LogP contribution < -0.4 is 0 Å². The number of rotatable bonds is 1. The van der Waals surface area contributed by atoms with Gasteiger partial charge in [-0.25, -0.2) is 0 Å². The maximum atomic E-state index is 12.7. The number of nitrogens with zero attached hydrogens (tertiary/aromatic N) is 2. The van der Waals surface area contributed by atoms with E-state index < -0.39 is 0 Å². The van der Waals surface area contributed by atoms with Crippen LogP contribution in [0.5, 0.6) is 0 Å². The van der Waals surface area contributed by atoms with Crippen LogP contribution in [0.1, 0.15) is 49.7 Å². The summed E-state index contributed by atoms with van der Waals surface area (Å²) in [5.41, 5.74) is 1.35. The third-order valence-electron chi connectivity index (χ3n) is 4.42. The van der Waals surface area contributed by atoms with Gasteiger partial charge in [0.2, 0.25) is 0 Å². The van der Waals surface area contributed by atoms with Crippen molar-refractivity contribution in [3.63, 3.8) is 0 Å². The molecule has 1 amide bonds. The molecule has 1 aromatic rings. The van der Waals surface area contributed by atoms with Gasteiger partial charge >= 0.3 is 0 Å². The van der Waals surface area contributed by atoms with Crippen molar-refractivity contribution in [1.82, 2.24) is 10.1 Å². The topological polar surface area (TPSA) is 55.6 Å². The summed E-state index contributed by atoms with van der Waals surface area (Å²) in [5, 5.41) is 4.02. The van der Waals surface area contributed by atoms with Crippen molar-refractivity contribution in [2.45, 2.75) is 39.0 Å². The van der Waals surface area contributed by atoms with E-state index in [9.17, 15) is 4.79 Å². The molecular formula is C15H22N2O3. The van der Waals surface area contributed by atoms with Crippen LogP contribution in [0.3, 0.4) is 0 Å². The minimum atomic E-state index is -0.189. The number of carbonyl (C=O) groups is 1. The summed E-state index contributed by atoms with van der Waals surface area (Å²) in [5.74, 6) is 0.0416. The van der Waals surface area contributed by atoms with Crippen molar-refractivity contribution in [3.8, 4) is 0 Å². The molecule has 0 aromatic carbocycles. The fourth-order valence-corrected chi connectivity index (χ4v) is 3.18. The Kier molecular flexibility index (Phi) is 3.12. The van der Waals surface area contributed by atoms with E-state index in [2.05, 4.69) is 5.16 Å². The second kappa shape index (κ2) is 4.58. The number of amides is 1. The molecule has 1 unspecified atom stereocenters. The molecule has 1 aromatic heterocycles. The predicted molar refractivity (Wildman–Crippen MR) is 73.6 cm³/mol. The molecule has 0 N–H and O–H groups in total. The van der Waals surface area contributed by atoms with Gasteiger partial charge in [-0.05, 0) is 12.8 Å². The van der Waals surface area contributed by atoms with Crippen molar-refractivity contribution in [2.75, 3.05) is 26.3 Å². The summed E-state index contributed by atoms with van der Waals surface area (Å²) in [6.07, 6.45) is 3.58. The van der Waals surface area contributed by atoms with Crippen LogP contribution in [0.25, 0.3) is 0 Å². The third kappa shape index (κ3) is 2.24. The summed E-state index contributed by atoms with van der Waals surface area (Å²) >= 11 is 0. The minimum Gasteiger partial charge on any atom is -0.381 e. The highest BCUT2D eigenvalue weighted by atomic mass is 16.5. The molecule has 2 aliphatic heterocycles. The highest BCUT2D eigenvalue weighted by molar-refractivity contribution is 5.95. The van der Waals surface area contributed by atoms with E-state index in [4.69, 9.17) is 9.26 Å². The zero-order valence-corrected chi connectivity index (χ0v) is 12.4. The Hall–Kier alpha value is -1.36. The number of ether oxygens (including phenoxy) is 1. The molecule has 3 rings (SSSR count). The van der Waals surface area contributed by atoms with E-state index in [-0.39, 0.29) is 16.7 Å². The number of likely N-dealkylation sites (tertiary alicyclic amines) is 1. The molecule has 5 nitrogen and oxygen atoms in total. The molecule has 2 fully saturated rings. The first kappa shape index (κ1) is 13.6. The van der Waals surface area contributed by atoms with Crippen LogP contribution >= 0.6 is 0 Å². The fourth-order valence-electron chi connectivity index (χ4n) is 3.18. The molecule has 0 radical (unpaired) electrons. The largest absolute Gasteiger partial charge is 0.381 e. The molecule has 2 aliphatic rings. The smallest absolute Gasteiger partial charge is 0.259 e. The van der Waals surface area contributed by atoms with Gasteiger partial charge in [-0.15, -0.1) is 0 Å². The maximum Gasteiger partial charge on any atom is 0.259 e. The van der Waals surface area contributed by atoms with Crippen LogP contribution in [-0.2, 0) is 10.2 Å². The second-order valence-corrected chi connectivity index (χ2v) is 7.11. The average molecular weight is 278 g/mol. The Morgan fingerprint density at radius 2 is 2.20 bits per heavy atom. The Labute approximate surface area is 119 Å². The summed E-state index contributed by atoms with van der Waals surface area (Å²) in [6.45, 7) is 9.32. The van der Waals surface area contributed by atoms with Gasteiger partial charge in [0.25, 0.3) is 5.91 Å². The van der Waals surface area contributed by atoms with Gasteiger partial charge in [-0.3, -0.25) is 4.79 Å². The van der Waals surface area contributed by atoms with Gasteiger partial charge in [-0.2, -0.15) is 0 Å². The lowest BCUT2D eigenvalue weighted by atomic mass is 9.87. The van der Waals surface area contributed by atoms with Gasteiger partial charge < -0.3 is 14.2 Å². The van der Waals surface area contributed by atoms with Gasteiger partial charge in [-0.1, -0.05) is 25.9 Å². The Bertz CT molecular complexity index is 509. The van der Waals surface area contributed by atoms with Crippen LogP contribution in [0, 0.1) is 5.41 Å². The molecular weight excluding hydrogens is 256 g/mol. The normalized spacial score (nSPS) is 26.6. The van der Waals surface area contributed by atoms with Crippen molar-refractivity contribution in [3.05, 3.63) is 17.5 Å². The van der Waals surface area contributed by atoms with Crippen molar-refractivity contribution in [1.29, 1.82) is 0 Å². The molecule has 0 aliphatic carbocycles. The first-order valence-electron chi connectivity index (χ1n) is 7.23. The number of hydrogen-bond acceptors (Lipinski definition) is 4. The SMILES string of the molecule is CC(C)(C)c1nocc1C(=O)N1CCC2(CCOC2)C1. The summed E-state index contributed by atoms with van der Waals surface area (Å²) in [6, 6.07) is 0. The highest BCUT2D eigenvalue weighted by Crippen LogP contribution is 2.39. The average Bonchev–Trinajstić information content (AvgIpc) is 3.10. The first-order valence-corrected chi connectivity index (χ1v) is 7.23. The molecule has 110 valence electrons. The zero-order chi connectivity index (χ0) is 14.4. The minimum absolute atomic E-state index is 0.0416. The second-order valence-electron chi connectivity index (χ2n) is 7.11. The summed E-state index contributed by atoms with van der Waals surface area (Å²) in [7, 11) is 0. The van der Waals surface area contributed by atoms with Crippen LogP contribution in [0.4, 0.5) is 0 Å². The lowest BCUT2D eigenvalue weighted by molar-refractivity contribution is 0.0763. The van der Waals surface area contributed by atoms with Crippen LogP contribution in [-0.4, -0.2) is 42.3 Å². The molecule has 0 saturated carbocycles. The molecule has 5 heteroatoms. The molecule has 1 spiro atoms. The van der Waals surface area contributed by atoms with Gasteiger partial charge in [0.05, 0.1) is 6.61 Å². The van der Waals surface area contributed by atoms with Crippen molar-refractivity contribution in [2.24, 2.45) is 5.41 Å². The number of hydrogen-bond donors (Lipinski definition) is 0. The first-order chi connectivity index (χ1) is 9.41. The number of aromatic nitrogens is 1. The van der Waals surface area contributed by atoms with E-state index in [0.29, 0.717) is 5.56 Å². The van der Waals surface area contributed by atoms with Gasteiger partial charge in [0.1, 0.15) is 17.5 Å². The number of carbonyl (C=O) groups excluding carboxylic acids is 1. The van der Waals surface area contributed by atoms with Gasteiger partial charge in [0.15, 0.2) is 0 Å².